The molecule has 0 amide bonds. The first kappa shape index (κ1) is 18.0. The lowest BCUT2D eigenvalue weighted by atomic mass is 10.1. The molecular weight excluding hydrogens is 333 g/mol. The highest BCUT2D eigenvalue weighted by Crippen LogP contribution is 2.38. The molecule has 10 heteroatoms. The van der Waals surface area contributed by atoms with Gasteiger partial charge in [-0.2, -0.15) is 0 Å². The summed E-state index contributed by atoms with van der Waals surface area (Å²) in [6, 6.07) is 1.81. The molecule has 0 atom stereocenters. The van der Waals surface area contributed by atoms with Crippen molar-refractivity contribution in [1.82, 2.24) is 4.57 Å². The molecule has 1 aromatic carbocycles. The number of carboxylic acid groups (broad SMARTS) is 1. The molecule has 0 aliphatic heterocycles. The van der Waals surface area contributed by atoms with E-state index in [0.29, 0.717) is 0 Å². The van der Waals surface area contributed by atoms with Crippen LogP contribution in [0, 0.1) is 18.6 Å². The molecule has 2 aromatic rings. The zero-order valence-electron chi connectivity index (χ0n) is 12.4. The van der Waals surface area contributed by atoms with Gasteiger partial charge in [-0.05, 0) is 19.8 Å². The average molecular weight is 345 g/mol. The summed E-state index contributed by atoms with van der Waals surface area (Å²) in [5, 5.41) is 16.0. The van der Waals surface area contributed by atoms with E-state index in [0.717, 1.165) is 25.0 Å². The van der Waals surface area contributed by atoms with Gasteiger partial charge in [0, 0.05) is 23.7 Å². The molecule has 5 nitrogen and oxygen atoms in total. The summed E-state index contributed by atoms with van der Waals surface area (Å²) >= 11 is 0. The molecule has 0 bridgehead atoms. The molecule has 24 heavy (non-hydrogen) atoms. The van der Waals surface area contributed by atoms with Gasteiger partial charge < -0.3 is 14.7 Å². The Hall–Kier alpha value is -2.36. The number of benzene rings is 1. The Kier molecular flexibility index (Phi) is 4.98. The number of carboxylic acids is 1. The minimum absolute atomic E-state index is 0.0424. The molecule has 3 rings (SSSR count). The largest absolute Gasteiger partial charge is 0.718 e. The normalized spacial score (nSPS) is 13.4. The van der Waals surface area contributed by atoms with Crippen LogP contribution in [0.25, 0.3) is 10.9 Å². The van der Waals surface area contributed by atoms with E-state index in [2.05, 4.69) is 0 Å². The number of fused-ring (bicyclic) bond motifs is 1. The van der Waals surface area contributed by atoms with E-state index in [9.17, 15) is 32.1 Å². The number of halogens is 4. The Bertz CT molecular complexity index is 861. The standard InChI is InChI=1S/C14H11F2NO3.BF2HO/c1-6-12-9(4-8(15)13(6)16)17(7-2-3-7)10(14(19)20)5-11(12)18;2-1(3)4/h4-5,7H,2-3H2,1H3,(H,19,20);4H. The first-order valence-electron chi connectivity index (χ1n) is 6.88. The van der Waals surface area contributed by atoms with E-state index in [4.69, 9.17) is 5.02 Å². The molecule has 1 heterocycles. The van der Waals surface area contributed by atoms with Crippen molar-refractivity contribution in [2.75, 3.05) is 0 Å². The molecule has 0 spiro atoms. The number of pyridine rings is 1. The molecule has 1 aromatic heterocycles. The van der Waals surface area contributed by atoms with E-state index in [1.165, 1.54) is 11.5 Å². The zero-order valence-corrected chi connectivity index (χ0v) is 12.4. The van der Waals surface area contributed by atoms with Crippen molar-refractivity contribution in [2.24, 2.45) is 0 Å². The van der Waals surface area contributed by atoms with Gasteiger partial charge in [-0.1, -0.05) is 0 Å². The molecule has 1 aliphatic carbocycles. The van der Waals surface area contributed by atoms with Gasteiger partial charge in [0.05, 0.1) is 10.9 Å². The van der Waals surface area contributed by atoms with Gasteiger partial charge in [0.25, 0.3) is 0 Å². The van der Waals surface area contributed by atoms with E-state index in [1.54, 1.807) is 0 Å². The Morgan fingerprint density at radius 1 is 1.29 bits per heavy atom. The van der Waals surface area contributed by atoms with E-state index in [1.807, 2.05) is 0 Å². The molecule has 1 fully saturated rings. The summed E-state index contributed by atoms with van der Waals surface area (Å²) in [6.07, 6.45) is 1.52. The second-order valence-electron chi connectivity index (χ2n) is 5.27. The van der Waals surface area contributed by atoms with Crippen molar-refractivity contribution >= 4 is 24.3 Å². The second kappa shape index (κ2) is 6.64. The SMILES string of the molecule is Cc1c(F)c(F)cc2c1c(=O)cc(C(=O)O)n2C1CC1.OB(F)F. The highest BCUT2D eigenvalue weighted by Gasteiger charge is 2.30. The molecule has 0 unspecified atom stereocenters. The summed E-state index contributed by atoms with van der Waals surface area (Å²) in [7, 11) is -3.17. The Morgan fingerprint density at radius 3 is 2.29 bits per heavy atom. The third-order valence-corrected chi connectivity index (χ3v) is 3.60. The van der Waals surface area contributed by atoms with Crippen molar-refractivity contribution in [3.8, 4) is 0 Å². The topological polar surface area (TPSA) is 79.5 Å². The van der Waals surface area contributed by atoms with Gasteiger partial charge in [-0.25, -0.2) is 13.6 Å². The first-order chi connectivity index (χ1) is 11.1. The number of rotatable bonds is 2. The summed E-state index contributed by atoms with van der Waals surface area (Å²) in [5.41, 5.74) is -0.730. The first-order valence-corrected chi connectivity index (χ1v) is 6.88. The maximum absolute atomic E-state index is 13.6. The van der Waals surface area contributed by atoms with E-state index in [-0.39, 0.29) is 28.2 Å². The van der Waals surface area contributed by atoms with Crippen LogP contribution in [-0.2, 0) is 0 Å². The quantitative estimate of drug-likeness (QED) is 0.648. The van der Waals surface area contributed by atoms with Crippen LogP contribution >= 0.6 is 0 Å². The predicted molar refractivity (Wildman–Crippen MR) is 78.3 cm³/mol. The van der Waals surface area contributed by atoms with Crippen molar-refractivity contribution < 1.29 is 32.3 Å². The van der Waals surface area contributed by atoms with Gasteiger partial charge in [0.15, 0.2) is 17.1 Å². The third-order valence-electron chi connectivity index (χ3n) is 3.60. The number of hydrogen-bond acceptors (Lipinski definition) is 3. The van der Waals surface area contributed by atoms with Crippen molar-refractivity contribution in [3.63, 3.8) is 0 Å². The van der Waals surface area contributed by atoms with Crippen LogP contribution in [0.4, 0.5) is 17.4 Å². The Balaban J connectivity index is 0.000000471. The molecular formula is C14H12BF4NO4. The fourth-order valence-corrected chi connectivity index (χ4v) is 2.52. The molecule has 0 saturated heterocycles. The van der Waals surface area contributed by atoms with E-state index >= 15 is 0 Å². The maximum atomic E-state index is 13.6. The Morgan fingerprint density at radius 2 is 1.83 bits per heavy atom. The summed E-state index contributed by atoms with van der Waals surface area (Å²) in [6.45, 7) is 1.32. The van der Waals surface area contributed by atoms with Crippen LogP contribution in [0.5, 0.6) is 0 Å². The number of carbonyl (C=O) groups is 1. The number of aromatic carboxylic acids is 1. The highest BCUT2D eigenvalue weighted by molar-refractivity contribution is 6.32. The van der Waals surface area contributed by atoms with Crippen LogP contribution in [0.15, 0.2) is 16.9 Å². The molecule has 1 saturated carbocycles. The fourth-order valence-electron chi connectivity index (χ4n) is 2.52. The number of aryl methyl sites for hydroxylation is 1. The number of hydrogen-bond donors (Lipinski definition) is 2. The fraction of sp³-hybridized carbons (Fsp3) is 0.286. The van der Waals surface area contributed by atoms with Gasteiger partial charge in [0.2, 0.25) is 0 Å². The maximum Gasteiger partial charge on any atom is 0.718 e. The van der Waals surface area contributed by atoms with Gasteiger partial charge in [-0.15, -0.1) is 0 Å². The molecule has 2 N–H and O–H groups in total. The average Bonchev–Trinajstić information content (AvgIpc) is 3.27. The third kappa shape index (κ3) is 3.43. The predicted octanol–water partition coefficient (Wildman–Crippen LogP) is 2.52. The molecule has 0 radical (unpaired) electrons. The minimum Gasteiger partial charge on any atom is -0.477 e. The summed E-state index contributed by atoms with van der Waals surface area (Å²) in [4.78, 5) is 23.3. The lowest BCUT2D eigenvalue weighted by molar-refractivity contribution is 0.0684. The van der Waals surface area contributed by atoms with Crippen molar-refractivity contribution in [2.45, 2.75) is 25.8 Å². The highest BCUT2D eigenvalue weighted by atomic mass is 19.2. The van der Waals surface area contributed by atoms with Crippen molar-refractivity contribution in [1.29, 1.82) is 0 Å². The summed E-state index contributed by atoms with van der Waals surface area (Å²) < 4.78 is 48.4. The monoisotopic (exact) mass is 345 g/mol. The minimum atomic E-state index is -3.17. The van der Waals surface area contributed by atoms with Crippen LogP contribution in [-0.4, -0.2) is 28.1 Å². The molecule has 128 valence electrons. The summed E-state index contributed by atoms with van der Waals surface area (Å²) in [5.74, 6) is -3.40. The lowest BCUT2D eigenvalue weighted by Crippen LogP contribution is -2.19. The smallest absolute Gasteiger partial charge is 0.477 e. The second-order valence-corrected chi connectivity index (χ2v) is 5.27. The number of aromatic nitrogens is 1. The van der Waals surface area contributed by atoms with Crippen molar-refractivity contribution in [3.05, 3.63) is 45.2 Å². The van der Waals surface area contributed by atoms with Gasteiger partial charge in [0.1, 0.15) is 5.69 Å². The zero-order chi connectivity index (χ0) is 18.2. The van der Waals surface area contributed by atoms with Crippen LogP contribution < -0.4 is 5.43 Å². The van der Waals surface area contributed by atoms with Crippen LogP contribution in [0.3, 0.4) is 0 Å². The van der Waals surface area contributed by atoms with Gasteiger partial charge >= 0.3 is 13.4 Å². The van der Waals surface area contributed by atoms with Crippen LogP contribution in [0.1, 0.15) is 34.9 Å². The van der Waals surface area contributed by atoms with Crippen LogP contribution in [0.2, 0.25) is 0 Å². The lowest BCUT2D eigenvalue weighted by Gasteiger charge is -2.15. The number of nitrogens with zero attached hydrogens (tertiary/aromatic N) is 1. The van der Waals surface area contributed by atoms with E-state index < -0.39 is 30.5 Å². The van der Waals surface area contributed by atoms with Gasteiger partial charge in [-0.3, -0.25) is 13.4 Å². The Labute approximate surface area is 133 Å². The molecule has 1 aliphatic rings.